The van der Waals surface area contributed by atoms with Crippen molar-refractivity contribution in [2.24, 2.45) is 0 Å². The number of halogens is 2. The Bertz CT molecular complexity index is 5900. The van der Waals surface area contributed by atoms with Gasteiger partial charge >= 0.3 is 0 Å². The van der Waals surface area contributed by atoms with Crippen molar-refractivity contribution in [3.63, 3.8) is 0 Å². The highest BCUT2D eigenvalue weighted by Gasteiger charge is 2.37. The molecule has 19 nitrogen and oxygen atoms in total. The second-order valence-corrected chi connectivity index (χ2v) is 39.8. The van der Waals surface area contributed by atoms with Crippen LogP contribution in [0.3, 0.4) is 0 Å². The van der Waals surface area contributed by atoms with Crippen LogP contribution in [-0.2, 0) is 45.5 Å². The van der Waals surface area contributed by atoms with E-state index >= 15 is 0 Å². The standard InChI is InChI=1S/C24H30N2O2S.C21H23BrN2O3S.C21H23FN2O2S.C21H24N3O3S/c1-17-23(21-7-5-6-8-22(21)25-17)18-13-15-26(16-14-18)29(27,28)20-11-9-19(10-12-20)24(2,3)4;1-14-3-5-19-17(11-14)18(13-23-19)15-7-9-24(10-8-15)28(25,26)21-12-16(22)4-6-20(21)27-2;1-14-3-4-15(2)21(11-14)27(25,26)24-9-7-16(8-10-24)19-13-23-20-6-5-17(22)12-18(19)20;1-15-21(19-5-3-4-6-20(19)22-15)16-11-13-24(14-12-16)28(26,27)18-9-7-17(8-10-18)23(2)25/h5-12,18,25H,13-16H2,1-4H3;3-6,11-13,15,23H,7-10H2,1-2H3;3-6,11-13,16,23H,7-10H2,1-2H3;3-10,16,22H,11-14H2,1-2H3/q;;;+1. The van der Waals surface area contributed by atoms with Crippen LogP contribution >= 0.6 is 15.9 Å². The Kier molecular flexibility index (Phi) is 24.3. The van der Waals surface area contributed by atoms with Crippen LogP contribution in [0.1, 0.15) is 152 Å². The van der Waals surface area contributed by atoms with Crippen LogP contribution in [0.15, 0.2) is 206 Å². The zero-order valence-electron chi connectivity index (χ0n) is 65.2. The molecule has 0 radical (unpaired) electrons. The topological polar surface area (TPSA) is 242 Å². The van der Waals surface area contributed by atoms with E-state index in [1.165, 1.54) is 82.2 Å². The van der Waals surface area contributed by atoms with E-state index < -0.39 is 40.1 Å². The number of hydrogen-bond donors (Lipinski definition) is 4. The zero-order chi connectivity index (χ0) is 79.8. The number of aromatic amines is 4. The Balaban J connectivity index is 0.000000131. The number of nitrogens with zero attached hydrogens (tertiary/aromatic N) is 5. The van der Waals surface area contributed by atoms with Crippen molar-refractivity contribution < 1.29 is 47.6 Å². The Morgan fingerprint density at radius 3 is 1.32 bits per heavy atom. The minimum atomic E-state index is -3.60. The number of hydrogen-bond acceptors (Lipinski definition) is 10. The number of nitroso groups, excluding NO2 is 1. The molecule has 112 heavy (non-hydrogen) atoms. The normalized spacial score (nSPS) is 16.8. The molecule has 0 bridgehead atoms. The molecule has 4 N–H and O–H groups in total. The fourth-order valence-electron chi connectivity index (χ4n) is 16.6. The van der Waals surface area contributed by atoms with E-state index in [-0.39, 0.29) is 26.9 Å². The molecular weight excluding hydrogens is 1560 g/mol. The molecule has 0 saturated carbocycles. The van der Waals surface area contributed by atoms with Gasteiger partial charge in [0.2, 0.25) is 40.1 Å². The molecule has 16 rings (SSSR count). The minimum Gasteiger partial charge on any atom is -0.495 e. The van der Waals surface area contributed by atoms with Gasteiger partial charge in [-0.05, 0) is 245 Å². The first-order valence-corrected chi connectivity index (χ1v) is 44.9. The predicted octanol–water partition coefficient (Wildman–Crippen LogP) is 18.7. The fourth-order valence-corrected chi connectivity index (χ4v) is 23.5. The van der Waals surface area contributed by atoms with Gasteiger partial charge in [0.15, 0.2) is 7.05 Å². The molecular formula is C87H100BrFN9O10S4+. The number of para-hydroxylation sites is 2. The third kappa shape index (κ3) is 17.2. The van der Waals surface area contributed by atoms with E-state index in [0.717, 1.165) is 106 Å². The number of nitrogens with one attached hydrogen (secondary N) is 4. The third-order valence-electron chi connectivity index (χ3n) is 22.8. The number of piperidine rings is 4. The fraction of sp³-hybridized carbons (Fsp3) is 0.356. The van der Waals surface area contributed by atoms with Crippen molar-refractivity contribution >= 4 is 105 Å². The Hall–Kier alpha value is -8.63. The number of fused-ring (bicyclic) bond motifs is 4. The third-order valence-corrected chi connectivity index (χ3v) is 31.1. The number of benzene rings is 8. The number of sulfonamides is 4. The number of H-pyrrole nitrogens is 4. The summed E-state index contributed by atoms with van der Waals surface area (Å²) in [6, 6.07) is 51.9. The van der Waals surface area contributed by atoms with Crippen LogP contribution in [-0.4, -0.2) is 142 Å². The molecule has 8 heterocycles. The largest absolute Gasteiger partial charge is 0.495 e. The van der Waals surface area contributed by atoms with Crippen LogP contribution in [0, 0.1) is 45.3 Å². The number of aromatic nitrogens is 4. The van der Waals surface area contributed by atoms with Crippen molar-refractivity contribution in [2.45, 2.75) is 155 Å². The van der Waals surface area contributed by atoms with Gasteiger partial charge in [-0.25, -0.2) is 38.1 Å². The SMILES string of the molecule is COc1ccc(Br)cc1S(=O)(=O)N1CCC(c2c[nH]c3ccc(C)cc23)CC1.Cc1[nH]c2ccccc2c1C1CCN(S(=O)(=O)c2ccc(C(C)(C)C)cc2)CC1.Cc1[nH]c2ccccc2c1C1CCN(S(=O)(=O)c2ccc([N+](C)=O)cc2)CC1.Cc1ccc(C)c(S(=O)(=O)N2CCC(c3c[nH]c4ccc(F)cc34)CC2)c1. The molecule has 12 aromatic rings. The first-order valence-electron chi connectivity index (χ1n) is 38.3. The molecule has 0 amide bonds. The first kappa shape index (κ1) is 81.4. The summed E-state index contributed by atoms with van der Waals surface area (Å²) in [5, 5.41) is 4.64. The number of aryl methyl sites for hydroxylation is 5. The van der Waals surface area contributed by atoms with E-state index in [1.807, 2.05) is 62.5 Å². The summed E-state index contributed by atoms with van der Waals surface area (Å²) in [5.41, 5.74) is 16.3. The van der Waals surface area contributed by atoms with Crippen LogP contribution in [0.25, 0.3) is 43.6 Å². The minimum absolute atomic E-state index is 0.0117. The van der Waals surface area contributed by atoms with E-state index in [4.69, 9.17) is 4.74 Å². The zero-order valence-corrected chi connectivity index (χ0v) is 70.0. The van der Waals surface area contributed by atoms with E-state index in [0.29, 0.717) is 96.1 Å². The maximum Gasteiger partial charge on any atom is 0.255 e. The van der Waals surface area contributed by atoms with Crippen molar-refractivity contribution in [2.75, 3.05) is 66.5 Å². The smallest absolute Gasteiger partial charge is 0.255 e. The number of ether oxygens (including phenoxy) is 1. The number of rotatable bonds is 14. The van der Waals surface area contributed by atoms with Gasteiger partial charge in [-0.2, -0.15) is 17.2 Å². The molecule has 4 saturated heterocycles. The average Bonchev–Trinajstić information content (AvgIpc) is 1.77. The van der Waals surface area contributed by atoms with Gasteiger partial charge in [0, 0.05) is 146 Å². The van der Waals surface area contributed by atoms with Gasteiger partial charge in [-0.15, -0.1) is 0 Å². The average molecular weight is 1660 g/mol. The highest BCUT2D eigenvalue weighted by atomic mass is 79.9. The van der Waals surface area contributed by atoms with Crippen LogP contribution in [0.4, 0.5) is 10.1 Å². The summed E-state index contributed by atoms with van der Waals surface area (Å²) in [5.74, 6) is 1.44. The van der Waals surface area contributed by atoms with Crippen molar-refractivity contribution in [1.29, 1.82) is 0 Å². The lowest BCUT2D eigenvalue weighted by molar-refractivity contribution is -0.428. The van der Waals surface area contributed by atoms with Gasteiger partial charge in [0.25, 0.3) is 5.69 Å². The summed E-state index contributed by atoms with van der Waals surface area (Å²) in [6.07, 6.45) is 10.4. The Morgan fingerprint density at radius 1 is 0.446 bits per heavy atom. The highest BCUT2D eigenvalue weighted by Crippen LogP contribution is 2.42. The van der Waals surface area contributed by atoms with Gasteiger partial charge in [0.1, 0.15) is 16.5 Å². The molecule has 4 aromatic heterocycles. The lowest BCUT2D eigenvalue weighted by Gasteiger charge is -2.31. The van der Waals surface area contributed by atoms with Gasteiger partial charge < -0.3 is 24.7 Å². The van der Waals surface area contributed by atoms with Crippen molar-refractivity contribution in [3.8, 4) is 5.75 Å². The second kappa shape index (κ2) is 33.4. The summed E-state index contributed by atoms with van der Waals surface area (Å²) in [6.45, 7) is 20.5. The molecule has 4 fully saturated rings. The van der Waals surface area contributed by atoms with Gasteiger partial charge in [-0.1, -0.05) is 109 Å². The molecule has 4 aliphatic rings. The Labute approximate surface area is 666 Å². The summed E-state index contributed by atoms with van der Waals surface area (Å²) in [4.78, 5) is 26.0. The van der Waals surface area contributed by atoms with Gasteiger partial charge in [-0.3, -0.25) is 0 Å². The Morgan fingerprint density at radius 2 is 0.857 bits per heavy atom. The lowest BCUT2D eigenvalue weighted by Crippen LogP contribution is -2.38. The van der Waals surface area contributed by atoms with E-state index in [1.54, 1.807) is 77.9 Å². The summed E-state index contributed by atoms with van der Waals surface area (Å²) in [7, 11) is -11.2. The molecule has 0 atom stereocenters. The molecule has 8 aromatic carbocycles. The quantitative estimate of drug-likeness (QED) is 0.0750. The lowest BCUT2D eigenvalue weighted by atomic mass is 9.87. The van der Waals surface area contributed by atoms with Gasteiger partial charge in [0.05, 0.1) is 21.8 Å². The maximum atomic E-state index is 13.6. The summed E-state index contributed by atoms with van der Waals surface area (Å²) < 4.78 is 131. The first-order chi connectivity index (χ1) is 53.3. The highest BCUT2D eigenvalue weighted by molar-refractivity contribution is 9.10. The van der Waals surface area contributed by atoms with Crippen molar-refractivity contribution in [1.82, 2.24) is 37.2 Å². The molecule has 0 unspecified atom stereocenters. The molecule has 590 valence electrons. The second-order valence-electron chi connectivity index (χ2n) is 31.2. The molecule has 0 spiro atoms. The molecule has 0 aliphatic carbocycles. The van der Waals surface area contributed by atoms with Crippen LogP contribution < -0.4 is 4.74 Å². The van der Waals surface area contributed by atoms with Crippen LogP contribution in [0.5, 0.6) is 5.75 Å². The van der Waals surface area contributed by atoms with E-state index in [2.05, 4.69) is 132 Å². The maximum absolute atomic E-state index is 13.6. The number of methoxy groups -OCH3 is 1. The van der Waals surface area contributed by atoms with Crippen LogP contribution in [0.2, 0.25) is 0 Å². The monoisotopic (exact) mass is 1660 g/mol. The molecule has 25 heteroatoms. The predicted molar refractivity (Wildman–Crippen MR) is 448 cm³/mol. The van der Waals surface area contributed by atoms with Crippen molar-refractivity contribution in [3.05, 3.63) is 253 Å². The summed E-state index contributed by atoms with van der Waals surface area (Å²) >= 11 is 3.36. The van der Waals surface area contributed by atoms with E-state index in [9.17, 15) is 43.0 Å². The molecule has 4 aliphatic heterocycles.